The van der Waals surface area contributed by atoms with Crippen LogP contribution in [0.3, 0.4) is 0 Å². The first-order valence-corrected chi connectivity index (χ1v) is 7.56. The van der Waals surface area contributed by atoms with Gasteiger partial charge in [-0.2, -0.15) is 0 Å². The number of rotatable bonds is 3. The minimum absolute atomic E-state index is 0.307. The number of nitrogens with zero attached hydrogens (tertiary/aromatic N) is 3. The van der Waals surface area contributed by atoms with E-state index in [9.17, 15) is 0 Å². The van der Waals surface area contributed by atoms with E-state index in [2.05, 4.69) is 86.5 Å². The van der Waals surface area contributed by atoms with Gasteiger partial charge in [-0.3, -0.25) is 0 Å². The number of benzene rings is 1. The lowest BCUT2D eigenvalue weighted by molar-refractivity contribution is 0.737. The van der Waals surface area contributed by atoms with Gasteiger partial charge in [-0.1, -0.05) is 39.0 Å². The summed E-state index contributed by atoms with van der Waals surface area (Å²) >= 11 is 5.44. The predicted molar refractivity (Wildman–Crippen MR) is 79.5 cm³/mol. The Morgan fingerprint density at radius 3 is 2.16 bits per heavy atom. The van der Waals surface area contributed by atoms with E-state index < -0.39 is 0 Å². The second-order valence-electron chi connectivity index (χ2n) is 4.83. The summed E-state index contributed by atoms with van der Waals surface area (Å²) in [6.45, 7) is 6.27. The summed E-state index contributed by atoms with van der Waals surface area (Å²) in [7, 11) is 0. The van der Waals surface area contributed by atoms with Gasteiger partial charge in [0.2, 0.25) is 0 Å². The third-order valence-electron chi connectivity index (χ3n) is 2.77. The fourth-order valence-corrected chi connectivity index (χ4v) is 2.73. The molecule has 0 aliphatic heterocycles. The van der Waals surface area contributed by atoms with Crippen LogP contribution >= 0.6 is 0 Å². The van der Waals surface area contributed by atoms with Crippen LogP contribution in [0, 0.1) is 0 Å². The average Bonchev–Trinajstić information content (AvgIpc) is 2.37. The molecule has 0 spiro atoms. The van der Waals surface area contributed by atoms with Crippen molar-refractivity contribution >= 4 is 41.4 Å². The summed E-state index contributed by atoms with van der Waals surface area (Å²) in [5.41, 5.74) is 1.04. The van der Waals surface area contributed by atoms with Crippen molar-refractivity contribution < 1.29 is 0 Å². The Hall–Kier alpha value is -0.705. The molecule has 4 radical (unpaired) electrons. The molecule has 1 heterocycles. The second kappa shape index (κ2) is 6.16. The normalized spacial score (nSPS) is 10.9. The molecule has 3 nitrogen and oxygen atoms in total. The van der Waals surface area contributed by atoms with Gasteiger partial charge in [0.15, 0.2) is 38.4 Å². The van der Waals surface area contributed by atoms with Crippen molar-refractivity contribution in [3.63, 3.8) is 0 Å². The molecule has 0 atom stereocenters. The highest BCUT2D eigenvalue weighted by Gasteiger charge is 2.10. The van der Waals surface area contributed by atoms with Crippen molar-refractivity contribution in [2.24, 2.45) is 0 Å². The van der Waals surface area contributed by atoms with Crippen LogP contribution in [0.15, 0.2) is 18.2 Å². The topological polar surface area (TPSA) is 38.7 Å². The smallest absolute Gasteiger partial charge is 0.175 e. The zero-order valence-corrected chi connectivity index (χ0v) is 13.8. The Balaban J connectivity index is 2.57. The van der Waals surface area contributed by atoms with Crippen LogP contribution in [0.5, 0.6) is 0 Å². The zero-order chi connectivity index (χ0) is 14.0. The van der Waals surface area contributed by atoms with Crippen LogP contribution in [-0.2, 0) is 6.42 Å². The molecule has 5 heteroatoms. The minimum Gasteiger partial charge on any atom is -0.218 e. The molecule has 92 valence electrons. The Bertz CT molecular complexity index is 577. The van der Waals surface area contributed by atoms with Crippen molar-refractivity contribution in [1.82, 2.24) is 15.0 Å². The third kappa shape index (κ3) is 3.65. The van der Waals surface area contributed by atoms with Crippen LogP contribution in [0.4, 0.5) is 0 Å². The van der Waals surface area contributed by atoms with Crippen molar-refractivity contribution in [2.75, 3.05) is 0 Å². The van der Waals surface area contributed by atoms with Gasteiger partial charge in [0.25, 0.3) is 0 Å². The van der Waals surface area contributed by atoms with Gasteiger partial charge in [0, 0.05) is 17.9 Å². The number of aromatic nitrogens is 3. The molecule has 0 fully saturated rings. The predicted octanol–water partition coefficient (Wildman–Crippen LogP) is 0.812. The lowest BCUT2D eigenvalue weighted by Crippen LogP contribution is -2.15. The minimum atomic E-state index is 0.307. The van der Waals surface area contributed by atoms with Gasteiger partial charge < -0.3 is 0 Å². The van der Waals surface area contributed by atoms with Crippen molar-refractivity contribution in [3.05, 3.63) is 29.8 Å². The first-order valence-electron chi connectivity index (χ1n) is 6.41. The summed E-state index contributed by atoms with van der Waals surface area (Å²) in [4.78, 5) is 13.6. The number of hydrogen-bond acceptors (Lipinski definition) is 3. The van der Waals surface area contributed by atoms with E-state index >= 15 is 0 Å². The molecule has 1 aromatic carbocycles. The molecule has 0 saturated carbocycles. The van der Waals surface area contributed by atoms with Crippen LogP contribution in [-0.4, -0.2) is 47.5 Å². The van der Waals surface area contributed by atoms with Crippen molar-refractivity contribution in [3.8, 4) is 11.4 Å². The SMILES string of the molecule is CCc1nc(-c2c[c]([Al])c[c]([Al])c2)nc(C(C)C)n1. The maximum Gasteiger partial charge on any atom is 0.175 e. The summed E-state index contributed by atoms with van der Waals surface area (Å²) < 4.78 is 2.26. The first kappa shape index (κ1) is 14.7. The summed E-state index contributed by atoms with van der Waals surface area (Å²) in [6.07, 6.45) is 0.823. The first-order chi connectivity index (χ1) is 8.99. The molecule has 0 N–H and O–H groups in total. The monoisotopic (exact) mass is 279 g/mol. The van der Waals surface area contributed by atoms with Crippen molar-refractivity contribution in [1.29, 1.82) is 0 Å². The standard InChI is InChI=1S/C14H15N3.2Al/c1-4-12-15-13(10(2)3)17-14(16-12)11-8-6-5-7-9-11;;/h5,8-10H,4H2,1-3H3;;. The average molecular weight is 279 g/mol. The highest BCUT2D eigenvalue weighted by atomic mass is 27.1. The van der Waals surface area contributed by atoms with E-state index in [0.717, 1.165) is 38.3 Å². The molecule has 19 heavy (non-hydrogen) atoms. The molecule has 2 aromatic rings. The number of aryl methyl sites for hydroxylation is 1. The molecule has 0 aliphatic carbocycles. The van der Waals surface area contributed by atoms with Gasteiger partial charge in [0.1, 0.15) is 11.6 Å². The lowest BCUT2D eigenvalue weighted by Gasteiger charge is -2.10. The molecule has 2 rings (SSSR count). The third-order valence-corrected chi connectivity index (χ3v) is 3.43. The van der Waals surface area contributed by atoms with Gasteiger partial charge in [0.05, 0.1) is 0 Å². The molecule has 0 aliphatic rings. The summed E-state index contributed by atoms with van der Waals surface area (Å²) in [5, 5.41) is 0. The molecular weight excluding hydrogens is 264 g/mol. The maximum atomic E-state index is 4.59. The molecule has 0 bridgehead atoms. The fraction of sp³-hybridized carbons (Fsp3) is 0.357. The lowest BCUT2D eigenvalue weighted by atomic mass is 10.2. The van der Waals surface area contributed by atoms with E-state index in [0.29, 0.717) is 5.92 Å². The highest BCUT2D eigenvalue weighted by molar-refractivity contribution is 6.38. The van der Waals surface area contributed by atoms with Gasteiger partial charge >= 0.3 is 0 Å². The van der Waals surface area contributed by atoms with Gasteiger partial charge in [-0.25, -0.2) is 15.0 Å². The Morgan fingerprint density at radius 1 is 1.00 bits per heavy atom. The van der Waals surface area contributed by atoms with Crippen LogP contribution < -0.4 is 8.85 Å². The van der Waals surface area contributed by atoms with E-state index in [-0.39, 0.29) is 0 Å². The van der Waals surface area contributed by atoms with Crippen molar-refractivity contribution in [2.45, 2.75) is 33.1 Å². The van der Waals surface area contributed by atoms with Gasteiger partial charge in [-0.15, -0.1) is 8.85 Å². The van der Waals surface area contributed by atoms with E-state index in [1.807, 2.05) is 0 Å². The Kier molecular flexibility index (Phi) is 4.77. The summed E-state index contributed by atoms with van der Waals surface area (Å²) in [6, 6.07) is 6.25. The Labute approximate surface area is 130 Å². The largest absolute Gasteiger partial charge is 0.218 e. The van der Waals surface area contributed by atoms with Gasteiger partial charge in [-0.05, 0) is 0 Å². The molecule has 0 saturated heterocycles. The summed E-state index contributed by atoms with van der Waals surface area (Å²) in [5.74, 6) is 2.79. The highest BCUT2D eigenvalue weighted by Crippen LogP contribution is 2.16. The number of hydrogen-bond donors (Lipinski definition) is 0. The van der Waals surface area contributed by atoms with E-state index in [1.54, 1.807) is 0 Å². The van der Waals surface area contributed by atoms with Crippen LogP contribution in [0.1, 0.15) is 38.3 Å². The quantitative estimate of drug-likeness (QED) is 0.781. The molecular formula is C14H15Al2N3. The molecule has 1 aromatic heterocycles. The molecule has 0 unspecified atom stereocenters. The fourth-order valence-electron chi connectivity index (χ4n) is 1.79. The van der Waals surface area contributed by atoms with E-state index in [4.69, 9.17) is 0 Å². The van der Waals surface area contributed by atoms with Crippen LogP contribution in [0.25, 0.3) is 11.4 Å². The second-order valence-corrected chi connectivity index (χ2v) is 6.16. The van der Waals surface area contributed by atoms with E-state index in [1.165, 1.54) is 0 Å². The molecule has 0 amide bonds. The Morgan fingerprint density at radius 2 is 1.63 bits per heavy atom. The zero-order valence-electron chi connectivity index (χ0n) is 11.5. The van der Waals surface area contributed by atoms with Crippen LogP contribution in [0.2, 0.25) is 0 Å². The maximum absolute atomic E-state index is 4.59.